The first-order chi connectivity index (χ1) is 12.0. The van der Waals surface area contributed by atoms with E-state index in [0.717, 1.165) is 11.1 Å². The molecule has 128 valence electrons. The quantitative estimate of drug-likeness (QED) is 0.783. The molecule has 0 aliphatic rings. The van der Waals surface area contributed by atoms with E-state index in [1.54, 1.807) is 0 Å². The highest BCUT2D eigenvalue weighted by Crippen LogP contribution is 2.22. The average molecular weight is 351 g/mol. The first-order valence-electron chi connectivity index (χ1n) is 8.13. The van der Waals surface area contributed by atoms with Gasteiger partial charge >= 0.3 is 0 Å². The Kier molecular flexibility index (Phi) is 6.67. The Morgan fingerprint density at radius 2 is 1.44 bits per heavy atom. The molecule has 1 unspecified atom stereocenters. The fourth-order valence-corrected chi connectivity index (χ4v) is 2.88. The number of hydrogen-bond acceptors (Lipinski definition) is 3. The van der Waals surface area contributed by atoms with Crippen molar-refractivity contribution < 1.29 is 4.79 Å². The minimum absolute atomic E-state index is 0.0650. The van der Waals surface area contributed by atoms with Gasteiger partial charge in [0.2, 0.25) is 5.91 Å². The summed E-state index contributed by atoms with van der Waals surface area (Å²) in [6.45, 7) is 3.82. The van der Waals surface area contributed by atoms with Crippen molar-refractivity contribution in [1.82, 2.24) is 10.6 Å². The van der Waals surface area contributed by atoms with Crippen LogP contribution in [0.15, 0.2) is 60.7 Å². The molecule has 0 spiro atoms. The molecule has 0 saturated heterocycles. The van der Waals surface area contributed by atoms with E-state index in [2.05, 4.69) is 10.6 Å². The van der Waals surface area contributed by atoms with Crippen molar-refractivity contribution >= 4 is 23.1 Å². The maximum absolute atomic E-state index is 12.7. The Balaban J connectivity index is 2.26. The van der Waals surface area contributed by atoms with Gasteiger partial charge < -0.3 is 10.6 Å². The molecule has 0 radical (unpaired) electrons. The number of nitrogens with one attached hydrogen (secondary N) is 2. The number of carbonyl (C=O) groups is 1. The number of rotatable bonds is 6. The second kappa shape index (κ2) is 8.95. The van der Waals surface area contributed by atoms with E-state index in [1.165, 1.54) is 0 Å². The molecule has 2 aromatic carbocycles. The van der Waals surface area contributed by atoms with Gasteiger partial charge in [-0.25, -0.2) is 0 Å². The Morgan fingerprint density at radius 1 is 0.960 bits per heavy atom. The lowest BCUT2D eigenvalue weighted by atomic mass is 9.97. The fraction of sp³-hybridized carbons (Fsp3) is 0.250. The van der Waals surface area contributed by atoms with Gasteiger partial charge in [-0.2, -0.15) is 5.26 Å². The van der Waals surface area contributed by atoms with E-state index in [9.17, 15) is 10.1 Å². The van der Waals surface area contributed by atoms with E-state index < -0.39 is 11.8 Å². The lowest BCUT2D eigenvalue weighted by Crippen LogP contribution is -2.43. The second-order valence-electron chi connectivity index (χ2n) is 5.99. The summed E-state index contributed by atoms with van der Waals surface area (Å²) in [5.41, 5.74) is 1.89. The number of amides is 1. The third-order valence-electron chi connectivity index (χ3n) is 3.64. The summed E-state index contributed by atoms with van der Waals surface area (Å²) in [5.74, 6) is -1.43. The molecule has 0 aliphatic heterocycles. The molecule has 5 heteroatoms. The van der Waals surface area contributed by atoms with E-state index in [0.29, 0.717) is 0 Å². The fourth-order valence-electron chi connectivity index (χ4n) is 2.48. The number of nitriles is 1. The smallest absolute Gasteiger partial charge is 0.245 e. The molecule has 1 amide bonds. The Labute approximate surface area is 153 Å². The van der Waals surface area contributed by atoms with E-state index in [-0.39, 0.29) is 17.1 Å². The highest BCUT2D eigenvalue weighted by atomic mass is 32.1. The largest absolute Gasteiger partial charge is 0.376 e. The van der Waals surface area contributed by atoms with Gasteiger partial charge in [0, 0.05) is 6.04 Å². The van der Waals surface area contributed by atoms with Crippen LogP contribution in [0.3, 0.4) is 0 Å². The predicted octanol–water partition coefficient (Wildman–Crippen LogP) is 3.36. The number of hydrogen-bond donors (Lipinski definition) is 2. The van der Waals surface area contributed by atoms with Crippen LogP contribution in [0.5, 0.6) is 0 Å². The van der Waals surface area contributed by atoms with Crippen LogP contribution in [0, 0.1) is 17.2 Å². The van der Waals surface area contributed by atoms with E-state index in [4.69, 9.17) is 12.2 Å². The highest BCUT2D eigenvalue weighted by molar-refractivity contribution is 7.80. The summed E-state index contributed by atoms with van der Waals surface area (Å²) in [7, 11) is 0. The monoisotopic (exact) mass is 351 g/mol. The lowest BCUT2D eigenvalue weighted by Gasteiger charge is -2.22. The topological polar surface area (TPSA) is 64.9 Å². The molecule has 0 saturated carbocycles. The molecule has 0 bridgehead atoms. The highest BCUT2D eigenvalue weighted by Gasteiger charge is 2.26. The molecular weight excluding hydrogens is 330 g/mol. The van der Waals surface area contributed by atoms with Crippen LogP contribution in [-0.2, 0) is 4.79 Å². The number of thiocarbonyl (C=S) groups is 1. The molecule has 2 aromatic rings. The molecule has 0 aromatic heterocycles. The van der Waals surface area contributed by atoms with Crippen LogP contribution >= 0.6 is 12.2 Å². The van der Waals surface area contributed by atoms with Crippen LogP contribution in [-0.4, -0.2) is 16.9 Å². The van der Waals surface area contributed by atoms with E-state index in [1.807, 2.05) is 80.6 Å². The van der Waals surface area contributed by atoms with Gasteiger partial charge in [0.1, 0.15) is 4.99 Å². The van der Waals surface area contributed by atoms with Crippen LogP contribution in [0.25, 0.3) is 0 Å². The molecule has 0 heterocycles. The van der Waals surface area contributed by atoms with Crippen molar-refractivity contribution in [1.29, 1.82) is 5.26 Å². The van der Waals surface area contributed by atoms with Gasteiger partial charge in [-0.05, 0) is 25.0 Å². The summed E-state index contributed by atoms with van der Waals surface area (Å²) >= 11 is 5.22. The second-order valence-corrected chi connectivity index (χ2v) is 6.43. The van der Waals surface area contributed by atoms with Crippen LogP contribution < -0.4 is 10.6 Å². The van der Waals surface area contributed by atoms with Crippen molar-refractivity contribution in [2.45, 2.75) is 25.9 Å². The molecular formula is C20H21N3OS. The molecule has 0 aliphatic carbocycles. The van der Waals surface area contributed by atoms with Gasteiger partial charge in [0.25, 0.3) is 0 Å². The third kappa shape index (κ3) is 5.13. The standard InChI is InChI=1S/C20H21N3OS/c1-14(2)22-20(25)17(13-21)19(24)23-18(15-9-5-3-6-10-15)16-11-7-4-8-12-16/h3-12,14,17-18H,1-2H3,(H,22,25)(H,23,24). The summed E-state index contributed by atoms with van der Waals surface area (Å²) in [6, 6.07) is 21.0. The molecule has 1 atom stereocenters. The molecule has 0 fully saturated rings. The minimum atomic E-state index is -1.02. The zero-order chi connectivity index (χ0) is 18.2. The van der Waals surface area contributed by atoms with Crippen LogP contribution in [0.2, 0.25) is 0 Å². The van der Waals surface area contributed by atoms with Crippen LogP contribution in [0.1, 0.15) is 31.0 Å². The van der Waals surface area contributed by atoms with Gasteiger partial charge in [-0.15, -0.1) is 0 Å². The number of benzene rings is 2. The normalized spacial score (nSPS) is 11.6. The zero-order valence-corrected chi connectivity index (χ0v) is 15.1. The van der Waals surface area contributed by atoms with Gasteiger partial charge in [0.05, 0.1) is 12.1 Å². The molecule has 4 nitrogen and oxygen atoms in total. The SMILES string of the molecule is CC(C)NC(=S)C(C#N)C(=O)NC(c1ccccc1)c1ccccc1. The van der Waals surface area contributed by atoms with Crippen molar-refractivity contribution in [2.24, 2.45) is 5.92 Å². The molecule has 25 heavy (non-hydrogen) atoms. The first-order valence-corrected chi connectivity index (χ1v) is 8.54. The maximum atomic E-state index is 12.7. The molecule has 2 N–H and O–H groups in total. The van der Waals surface area contributed by atoms with Gasteiger partial charge in [0.15, 0.2) is 5.92 Å². The Morgan fingerprint density at radius 3 is 1.84 bits per heavy atom. The average Bonchev–Trinajstić information content (AvgIpc) is 2.61. The Bertz CT molecular complexity index is 714. The first kappa shape index (κ1) is 18.6. The van der Waals surface area contributed by atoms with Gasteiger partial charge in [-0.3, -0.25) is 4.79 Å². The summed E-state index contributed by atoms with van der Waals surface area (Å²) in [6.07, 6.45) is 0. The number of carbonyl (C=O) groups excluding carboxylic acids is 1. The summed E-state index contributed by atoms with van der Waals surface area (Å²) in [4.78, 5) is 12.9. The predicted molar refractivity (Wildman–Crippen MR) is 103 cm³/mol. The van der Waals surface area contributed by atoms with Crippen molar-refractivity contribution in [3.8, 4) is 6.07 Å². The zero-order valence-electron chi connectivity index (χ0n) is 14.3. The van der Waals surface area contributed by atoms with Gasteiger partial charge in [-0.1, -0.05) is 72.9 Å². The summed E-state index contributed by atoms with van der Waals surface area (Å²) in [5, 5.41) is 15.3. The maximum Gasteiger partial charge on any atom is 0.245 e. The van der Waals surface area contributed by atoms with Crippen LogP contribution in [0.4, 0.5) is 0 Å². The lowest BCUT2D eigenvalue weighted by molar-refractivity contribution is -0.122. The minimum Gasteiger partial charge on any atom is -0.376 e. The van der Waals surface area contributed by atoms with Crippen molar-refractivity contribution in [3.63, 3.8) is 0 Å². The molecule has 2 rings (SSSR count). The summed E-state index contributed by atoms with van der Waals surface area (Å²) < 4.78 is 0. The third-order valence-corrected chi connectivity index (χ3v) is 3.99. The van der Waals surface area contributed by atoms with E-state index >= 15 is 0 Å². The van der Waals surface area contributed by atoms with Crippen molar-refractivity contribution in [3.05, 3.63) is 71.8 Å². The van der Waals surface area contributed by atoms with Crippen molar-refractivity contribution in [2.75, 3.05) is 0 Å². The number of nitrogens with zero attached hydrogens (tertiary/aromatic N) is 1. The Hall–Kier alpha value is -2.71.